The number of ether oxygens (including phenoxy) is 2. The van der Waals surface area contributed by atoms with Crippen molar-refractivity contribution >= 4 is 29.9 Å². The van der Waals surface area contributed by atoms with Crippen molar-refractivity contribution in [2.45, 2.75) is 45.9 Å². The second-order valence-corrected chi connectivity index (χ2v) is 6.99. The summed E-state index contributed by atoms with van der Waals surface area (Å²) in [5, 5.41) is 6.76. The van der Waals surface area contributed by atoms with E-state index < -0.39 is 0 Å². The van der Waals surface area contributed by atoms with E-state index in [-0.39, 0.29) is 24.0 Å². The molecule has 1 heterocycles. The first-order valence-corrected chi connectivity index (χ1v) is 10.1. The van der Waals surface area contributed by atoms with Gasteiger partial charge < -0.3 is 20.1 Å². The van der Waals surface area contributed by atoms with Crippen LogP contribution in [0.3, 0.4) is 0 Å². The van der Waals surface area contributed by atoms with E-state index in [1.54, 1.807) is 0 Å². The van der Waals surface area contributed by atoms with Gasteiger partial charge in [-0.3, -0.25) is 9.89 Å². The zero-order valence-electron chi connectivity index (χ0n) is 17.6. The van der Waals surface area contributed by atoms with Crippen molar-refractivity contribution in [2.24, 2.45) is 4.99 Å². The van der Waals surface area contributed by atoms with Gasteiger partial charge in [-0.2, -0.15) is 0 Å². The fourth-order valence-corrected chi connectivity index (χ4v) is 3.22. The van der Waals surface area contributed by atoms with Gasteiger partial charge in [-0.25, -0.2) is 0 Å². The highest BCUT2D eigenvalue weighted by Crippen LogP contribution is 2.12. The van der Waals surface area contributed by atoms with Crippen LogP contribution in [0.2, 0.25) is 0 Å². The molecule has 2 rings (SSSR count). The Bertz CT molecular complexity index is 571. The van der Waals surface area contributed by atoms with Crippen LogP contribution in [0, 0.1) is 0 Å². The Kier molecular flexibility index (Phi) is 13.5. The minimum Gasteiger partial charge on any atom is -0.382 e. The molecule has 28 heavy (non-hydrogen) atoms. The Labute approximate surface area is 187 Å². The van der Waals surface area contributed by atoms with Crippen molar-refractivity contribution in [1.29, 1.82) is 0 Å². The van der Waals surface area contributed by atoms with Gasteiger partial charge in [0, 0.05) is 53.0 Å². The standard InChI is InChI=1S/C21H36N4O2.HI/c1-4-26-12-6-5-10-23-21(22-3)24-15-19-8-7-9-20(14-19)17-25-11-13-27-18(2)16-25;/h7-9,14,18H,4-6,10-13,15-17H2,1-3H3,(H2,22,23,24);1H. The number of aliphatic imine (C=N–C) groups is 1. The van der Waals surface area contributed by atoms with E-state index in [1.807, 2.05) is 14.0 Å². The second kappa shape index (κ2) is 15.0. The number of hydrogen-bond donors (Lipinski definition) is 2. The van der Waals surface area contributed by atoms with Gasteiger partial charge >= 0.3 is 0 Å². The van der Waals surface area contributed by atoms with E-state index in [0.29, 0.717) is 6.10 Å². The largest absolute Gasteiger partial charge is 0.382 e. The van der Waals surface area contributed by atoms with Gasteiger partial charge in [0.15, 0.2) is 5.96 Å². The summed E-state index contributed by atoms with van der Waals surface area (Å²) in [6.07, 6.45) is 2.47. The van der Waals surface area contributed by atoms with E-state index in [0.717, 1.165) is 71.3 Å². The molecule has 1 aliphatic rings. The molecular formula is C21H37IN4O2. The highest BCUT2D eigenvalue weighted by atomic mass is 127. The number of unbranched alkanes of at least 4 members (excludes halogenated alkanes) is 1. The molecule has 0 aliphatic carbocycles. The third-order valence-corrected chi connectivity index (χ3v) is 4.62. The second-order valence-electron chi connectivity index (χ2n) is 6.99. The molecular weight excluding hydrogens is 467 g/mol. The van der Waals surface area contributed by atoms with Crippen LogP contribution < -0.4 is 10.6 Å². The molecule has 7 heteroatoms. The molecule has 160 valence electrons. The summed E-state index contributed by atoms with van der Waals surface area (Å²) in [6.45, 7) is 11.3. The summed E-state index contributed by atoms with van der Waals surface area (Å²) in [4.78, 5) is 6.76. The van der Waals surface area contributed by atoms with Crippen LogP contribution in [-0.4, -0.2) is 63.5 Å². The summed E-state index contributed by atoms with van der Waals surface area (Å²) in [5.41, 5.74) is 2.62. The fraction of sp³-hybridized carbons (Fsp3) is 0.667. The van der Waals surface area contributed by atoms with Crippen molar-refractivity contribution in [2.75, 3.05) is 46.5 Å². The average Bonchev–Trinajstić information content (AvgIpc) is 2.67. The maximum atomic E-state index is 5.63. The molecule has 2 N–H and O–H groups in total. The topological polar surface area (TPSA) is 58.1 Å². The van der Waals surface area contributed by atoms with E-state index in [1.165, 1.54) is 11.1 Å². The Morgan fingerprint density at radius 2 is 2.11 bits per heavy atom. The molecule has 0 saturated carbocycles. The molecule has 1 unspecified atom stereocenters. The number of hydrogen-bond acceptors (Lipinski definition) is 4. The van der Waals surface area contributed by atoms with Crippen LogP contribution >= 0.6 is 24.0 Å². The summed E-state index contributed by atoms with van der Waals surface area (Å²) >= 11 is 0. The Hall–Kier alpha value is -0.900. The first-order valence-electron chi connectivity index (χ1n) is 10.1. The van der Waals surface area contributed by atoms with Crippen molar-refractivity contribution in [3.63, 3.8) is 0 Å². The first-order chi connectivity index (χ1) is 13.2. The summed E-state index contributed by atoms with van der Waals surface area (Å²) < 4.78 is 11.0. The Balaban J connectivity index is 0.00000392. The van der Waals surface area contributed by atoms with Crippen molar-refractivity contribution < 1.29 is 9.47 Å². The van der Waals surface area contributed by atoms with E-state index >= 15 is 0 Å². The minimum absolute atomic E-state index is 0. The minimum atomic E-state index is 0. The Morgan fingerprint density at radius 1 is 1.29 bits per heavy atom. The van der Waals surface area contributed by atoms with Gasteiger partial charge in [0.05, 0.1) is 12.7 Å². The summed E-state index contributed by atoms with van der Waals surface area (Å²) in [6, 6.07) is 8.78. The third kappa shape index (κ3) is 10.0. The number of rotatable bonds is 10. The van der Waals surface area contributed by atoms with Gasteiger partial charge in [0.1, 0.15) is 0 Å². The van der Waals surface area contributed by atoms with E-state index in [9.17, 15) is 0 Å². The molecule has 1 fully saturated rings. The monoisotopic (exact) mass is 504 g/mol. The van der Waals surface area contributed by atoms with Crippen LogP contribution in [0.4, 0.5) is 0 Å². The van der Waals surface area contributed by atoms with Gasteiger partial charge in [0.2, 0.25) is 0 Å². The first kappa shape index (κ1) is 25.1. The third-order valence-electron chi connectivity index (χ3n) is 4.62. The van der Waals surface area contributed by atoms with Crippen LogP contribution in [0.15, 0.2) is 29.3 Å². The van der Waals surface area contributed by atoms with Crippen LogP contribution in [0.25, 0.3) is 0 Å². The number of nitrogens with zero attached hydrogens (tertiary/aromatic N) is 2. The van der Waals surface area contributed by atoms with Crippen molar-refractivity contribution in [3.8, 4) is 0 Å². The summed E-state index contributed by atoms with van der Waals surface area (Å²) in [5.74, 6) is 0.846. The number of morpholine rings is 1. The normalized spacial score (nSPS) is 17.8. The predicted molar refractivity (Wildman–Crippen MR) is 126 cm³/mol. The molecule has 0 amide bonds. The molecule has 0 aromatic heterocycles. The molecule has 6 nitrogen and oxygen atoms in total. The maximum Gasteiger partial charge on any atom is 0.191 e. The van der Waals surface area contributed by atoms with E-state index in [4.69, 9.17) is 9.47 Å². The predicted octanol–water partition coefficient (Wildman–Crippen LogP) is 3.01. The lowest BCUT2D eigenvalue weighted by Crippen LogP contribution is -2.40. The zero-order valence-corrected chi connectivity index (χ0v) is 19.9. The molecule has 1 saturated heterocycles. The van der Waals surface area contributed by atoms with Gasteiger partial charge in [-0.15, -0.1) is 24.0 Å². The Morgan fingerprint density at radius 3 is 2.86 bits per heavy atom. The average molecular weight is 504 g/mol. The molecule has 1 aromatic carbocycles. The molecule has 1 aromatic rings. The van der Waals surface area contributed by atoms with Crippen LogP contribution in [0.5, 0.6) is 0 Å². The molecule has 1 atom stereocenters. The van der Waals surface area contributed by atoms with Gasteiger partial charge in [-0.05, 0) is 37.8 Å². The van der Waals surface area contributed by atoms with Gasteiger partial charge in [-0.1, -0.05) is 24.3 Å². The highest BCUT2D eigenvalue weighted by molar-refractivity contribution is 14.0. The molecule has 1 aliphatic heterocycles. The fourth-order valence-electron chi connectivity index (χ4n) is 3.22. The van der Waals surface area contributed by atoms with Gasteiger partial charge in [0.25, 0.3) is 0 Å². The van der Waals surface area contributed by atoms with E-state index in [2.05, 4.69) is 51.7 Å². The smallest absolute Gasteiger partial charge is 0.191 e. The lowest BCUT2D eigenvalue weighted by Gasteiger charge is -2.31. The zero-order chi connectivity index (χ0) is 19.3. The van der Waals surface area contributed by atoms with Crippen molar-refractivity contribution in [1.82, 2.24) is 15.5 Å². The quantitative estimate of drug-likeness (QED) is 0.222. The van der Waals surface area contributed by atoms with Crippen LogP contribution in [0.1, 0.15) is 37.8 Å². The van der Waals surface area contributed by atoms with Crippen molar-refractivity contribution in [3.05, 3.63) is 35.4 Å². The molecule has 0 bridgehead atoms. The lowest BCUT2D eigenvalue weighted by atomic mass is 10.1. The maximum absolute atomic E-state index is 5.63. The number of nitrogens with one attached hydrogen (secondary N) is 2. The lowest BCUT2D eigenvalue weighted by molar-refractivity contribution is -0.0212. The number of benzene rings is 1. The molecule has 0 radical (unpaired) electrons. The number of guanidine groups is 1. The summed E-state index contributed by atoms with van der Waals surface area (Å²) in [7, 11) is 1.81. The van der Waals surface area contributed by atoms with Crippen LogP contribution in [-0.2, 0) is 22.6 Å². The number of halogens is 1. The molecule has 0 spiro atoms. The highest BCUT2D eigenvalue weighted by Gasteiger charge is 2.16. The SMILES string of the molecule is CCOCCCCNC(=NC)NCc1cccc(CN2CCOC(C)C2)c1.I.